The molecule has 5 rings (SSSR count). The zero-order valence-electron chi connectivity index (χ0n) is 16.2. The van der Waals surface area contributed by atoms with Crippen LogP contribution < -0.4 is 10.5 Å². The van der Waals surface area contributed by atoms with Crippen LogP contribution in [0.15, 0.2) is 45.3 Å². The molecule has 2 aliphatic rings. The van der Waals surface area contributed by atoms with Crippen LogP contribution in [0.5, 0.6) is 0 Å². The molecule has 1 atom stereocenters. The number of ether oxygens (including phenoxy) is 1. The predicted octanol–water partition coefficient (Wildman–Crippen LogP) is 3.94. The Morgan fingerprint density at radius 1 is 1.34 bits per heavy atom. The van der Waals surface area contributed by atoms with Crippen LogP contribution in [-0.4, -0.2) is 40.8 Å². The molecule has 0 bridgehead atoms. The van der Waals surface area contributed by atoms with E-state index < -0.39 is 0 Å². The van der Waals surface area contributed by atoms with Gasteiger partial charge in [0.25, 0.3) is 5.56 Å². The lowest BCUT2D eigenvalue weighted by atomic mass is 9.77. The van der Waals surface area contributed by atoms with Gasteiger partial charge in [0.05, 0.1) is 23.9 Å². The first kappa shape index (κ1) is 18.7. The van der Waals surface area contributed by atoms with Crippen molar-refractivity contribution in [2.45, 2.75) is 42.2 Å². The van der Waals surface area contributed by atoms with Gasteiger partial charge in [-0.15, -0.1) is 0 Å². The van der Waals surface area contributed by atoms with Crippen LogP contribution in [0.25, 0.3) is 10.9 Å². The average molecular weight is 415 g/mol. The highest BCUT2D eigenvalue weighted by molar-refractivity contribution is 7.99. The SMILES string of the molecule is C[C@H]1CC2(CCN(c3ncc(Sc4cccc5[nH]cc(F)c45)[nH]c3=O)CC2)CO1. The van der Waals surface area contributed by atoms with Crippen molar-refractivity contribution in [1.82, 2.24) is 15.0 Å². The average Bonchev–Trinajstić information content (AvgIpc) is 3.27. The summed E-state index contributed by atoms with van der Waals surface area (Å²) in [5.74, 6) is 0.157. The number of halogens is 1. The summed E-state index contributed by atoms with van der Waals surface area (Å²) in [4.78, 5) is 25.8. The van der Waals surface area contributed by atoms with Gasteiger partial charge in [0, 0.05) is 35.1 Å². The van der Waals surface area contributed by atoms with Gasteiger partial charge >= 0.3 is 0 Å². The lowest BCUT2D eigenvalue weighted by Crippen LogP contribution is -2.43. The summed E-state index contributed by atoms with van der Waals surface area (Å²) >= 11 is 1.31. The normalized spacial score (nSPS) is 21.3. The highest BCUT2D eigenvalue weighted by atomic mass is 32.2. The summed E-state index contributed by atoms with van der Waals surface area (Å²) < 4.78 is 19.9. The molecule has 0 saturated carbocycles. The zero-order chi connectivity index (χ0) is 20.0. The van der Waals surface area contributed by atoms with Crippen molar-refractivity contribution in [3.8, 4) is 0 Å². The van der Waals surface area contributed by atoms with Gasteiger partial charge in [-0.3, -0.25) is 4.79 Å². The van der Waals surface area contributed by atoms with Gasteiger partial charge in [-0.1, -0.05) is 17.8 Å². The topological polar surface area (TPSA) is 74.0 Å². The van der Waals surface area contributed by atoms with E-state index >= 15 is 0 Å². The van der Waals surface area contributed by atoms with Gasteiger partial charge in [0.15, 0.2) is 5.82 Å². The Bertz CT molecular complexity index is 1100. The Hall–Kier alpha value is -2.32. The number of fused-ring (bicyclic) bond motifs is 1. The number of H-pyrrole nitrogens is 2. The second kappa shape index (κ2) is 7.18. The third-order valence-corrected chi connectivity index (χ3v) is 7.09. The minimum atomic E-state index is -0.303. The van der Waals surface area contributed by atoms with E-state index in [2.05, 4.69) is 26.8 Å². The first-order valence-corrected chi connectivity index (χ1v) is 10.7. The van der Waals surface area contributed by atoms with E-state index in [0.717, 1.165) is 49.4 Å². The molecule has 3 aromatic rings. The Morgan fingerprint density at radius 3 is 2.90 bits per heavy atom. The molecular formula is C21H23FN4O2S. The molecule has 1 aromatic carbocycles. The lowest BCUT2D eigenvalue weighted by Gasteiger charge is -2.38. The number of nitrogens with one attached hydrogen (secondary N) is 2. The van der Waals surface area contributed by atoms with Crippen LogP contribution in [0.4, 0.5) is 10.2 Å². The Kier molecular flexibility index (Phi) is 4.63. The van der Waals surface area contributed by atoms with E-state index in [9.17, 15) is 9.18 Å². The van der Waals surface area contributed by atoms with E-state index in [-0.39, 0.29) is 16.8 Å². The van der Waals surface area contributed by atoms with Crippen LogP contribution in [0.3, 0.4) is 0 Å². The van der Waals surface area contributed by atoms with Crippen molar-refractivity contribution >= 4 is 28.5 Å². The number of benzene rings is 1. The molecule has 1 spiro atoms. The smallest absolute Gasteiger partial charge is 0.291 e. The number of piperidine rings is 1. The van der Waals surface area contributed by atoms with Crippen LogP contribution >= 0.6 is 11.8 Å². The van der Waals surface area contributed by atoms with Crippen molar-refractivity contribution in [3.63, 3.8) is 0 Å². The van der Waals surface area contributed by atoms with Gasteiger partial charge in [0.2, 0.25) is 0 Å². The summed E-state index contributed by atoms with van der Waals surface area (Å²) in [7, 11) is 0. The minimum Gasteiger partial charge on any atom is -0.378 e. The highest BCUT2D eigenvalue weighted by Gasteiger charge is 2.41. The number of nitrogens with zero attached hydrogens (tertiary/aromatic N) is 2. The van der Waals surface area contributed by atoms with Crippen molar-refractivity contribution in [2.24, 2.45) is 5.41 Å². The maximum atomic E-state index is 14.1. The number of rotatable bonds is 3. The van der Waals surface area contributed by atoms with E-state index in [0.29, 0.717) is 22.3 Å². The van der Waals surface area contributed by atoms with Gasteiger partial charge in [-0.05, 0) is 43.7 Å². The molecule has 0 unspecified atom stereocenters. The van der Waals surface area contributed by atoms with E-state index in [1.54, 1.807) is 6.20 Å². The third kappa shape index (κ3) is 3.44. The van der Waals surface area contributed by atoms with Gasteiger partial charge in [0.1, 0.15) is 5.82 Å². The second-order valence-corrected chi connectivity index (χ2v) is 9.21. The maximum Gasteiger partial charge on any atom is 0.291 e. The van der Waals surface area contributed by atoms with E-state index in [1.807, 2.05) is 18.2 Å². The zero-order valence-corrected chi connectivity index (χ0v) is 17.0. The molecule has 0 amide bonds. The summed E-state index contributed by atoms with van der Waals surface area (Å²) in [5, 5.41) is 1.12. The highest BCUT2D eigenvalue weighted by Crippen LogP contribution is 2.42. The number of hydrogen-bond donors (Lipinski definition) is 2. The first-order valence-electron chi connectivity index (χ1n) is 9.92. The molecule has 152 valence electrons. The Balaban J connectivity index is 1.33. The van der Waals surface area contributed by atoms with Gasteiger partial charge in [-0.2, -0.15) is 0 Å². The summed E-state index contributed by atoms with van der Waals surface area (Å²) in [5.41, 5.74) is 0.785. The van der Waals surface area contributed by atoms with Gasteiger partial charge < -0.3 is 19.6 Å². The molecule has 2 aliphatic heterocycles. The monoisotopic (exact) mass is 414 g/mol. The van der Waals surface area contributed by atoms with Crippen LogP contribution in [0.2, 0.25) is 0 Å². The van der Waals surface area contributed by atoms with Crippen molar-refractivity contribution in [1.29, 1.82) is 0 Å². The Morgan fingerprint density at radius 2 is 2.17 bits per heavy atom. The quantitative estimate of drug-likeness (QED) is 0.679. The molecule has 0 radical (unpaired) electrons. The van der Waals surface area contributed by atoms with Crippen molar-refractivity contribution < 1.29 is 9.13 Å². The summed E-state index contributed by atoms with van der Waals surface area (Å²) in [6.45, 7) is 4.57. The molecule has 6 nitrogen and oxygen atoms in total. The van der Waals surface area contributed by atoms with E-state index in [1.165, 1.54) is 18.0 Å². The van der Waals surface area contributed by atoms with Crippen molar-refractivity contribution in [3.05, 3.63) is 46.8 Å². The number of anilines is 1. The van der Waals surface area contributed by atoms with E-state index in [4.69, 9.17) is 4.74 Å². The minimum absolute atomic E-state index is 0.205. The Labute approximate surface area is 171 Å². The van der Waals surface area contributed by atoms with Crippen LogP contribution in [0.1, 0.15) is 26.2 Å². The first-order chi connectivity index (χ1) is 14.0. The molecule has 2 aromatic heterocycles. The lowest BCUT2D eigenvalue weighted by molar-refractivity contribution is 0.0975. The fourth-order valence-electron chi connectivity index (χ4n) is 4.56. The molecule has 8 heteroatoms. The van der Waals surface area contributed by atoms with Crippen LogP contribution in [0, 0.1) is 11.2 Å². The number of aromatic nitrogens is 3. The van der Waals surface area contributed by atoms with Crippen LogP contribution in [-0.2, 0) is 4.74 Å². The molecule has 0 aliphatic carbocycles. The third-order valence-electron chi connectivity index (χ3n) is 6.10. The fraction of sp³-hybridized carbons (Fsp3) is 0.429. The van der Waals surface area contributed by atoms with Gasteiger partial charge in [-0.25, -0.2) is 9.37 Å². The fourth-order valence-corrected chi connectivity index (χ4v) is 5.50. The number of aromatic amines is 2. The summed E-state index contributed by atoms with van der Waals surface area (Å²) in [6, 6.07) is 5.52. The summed E-state index contributed by atoms with van der Waals surface area (Å²) in [6.07, 6.45) is 6.47. The molecule has 2 saturated heterocycles. The number of hydrogen-bond acceptors (Lipinski definition) is 5. The van der Waals surface area contributed by atoms with Crippen molar-refractivity contribution in [2.75, 3.05) is 24.6 Å². The molecule has 4 heterocycles. The molecule has 29 heavy (non-hydrogen) atoms. The molecule has 2 N–H and O–H groups in total. The maximum absolute atomic E-state index is 14.1. The standard InChI is InChI=1S/C21H23FN4O2S/c1-13-9-21(12-28-13)5-7-26(8-6-21)19-20(27)25-17(11-24-19)29-16-4-2-3-15-18(16)14(22)10-23-15/h2-4,10-11,13,23H,5-9,12H2,1H3,(H,25,27)/t13-/m0/s1. The largest absolute Gasteiger partial charge is 0.378 e. The molecular weight excluding hydrogens is 391 g/mol. The second-order valence-electron chi connectivity index (χ2n) is 8.13. The molecule has 2 fully saturated rings. The predicted molar refractivity (Wildman–Crippen MR) is 111 cm³/mol.